The van der Waals surface area contributed by atoms with E-state index in [0.717, 1.165) is 15.8 Å². The second-order valence-electron chi connectivity index (χ2n) is 4.94. The molecule has 0 bridgehead atoms. The molecule has 3 nitrogen and oxygen atoms in total. The molecular formula is C17H20BrNO2. The minimum absolute atomic E-state index is 0.161. The lowest BCUT2D eigenvalue weighted by Crippen LogP contribution is -2.24. The van der Waals surface area contributed by atoms with Crippen molar-refractivity contribution in [2.75, 3.05) is 13.7 Å². The van der Waals surface area contributed by atoms with Crippen molar-refractivity contribution >= 4 is 15.9 Å². The fraction of sp³-hybridized carbons (Fsp3) is 0.294. The molecule has 2 atom stereocenters. The fourth-order valence-electron chi connectivity index (χ4n) is 2.17. The first-order valence-electron chi connectivity index (χ1n) is 6.91. The van der Waals surface area contributed by atoms with Crippen molar-refractivity contribution in [1.82, 2.24) is 5.32 Å². The van der Waals surface area contributed by atoms with E-state index in [1.165, 1.54) is 5.56 Å². The highest BCUT2D eigenvalue weighted by Crippen LogP contribution is 2.23. The minimum atomic E-state index is -0.541. The quantitative estimate of drug-likeness (QED) is 0.832. The first-order valence-corrected chi connectivity index (χ1v) is 7.71. The zero-order valence-corrected chi connectivity index (χ0v) is 13.8. The molecule has 0 heterocycles. The number of hydrogen-bond acceptors (Lipinski definition) is 3. The summed E-state index contributed by atoms with van der Waals surface area (Å²) in [6, 6.07) is 15.7. The minimum Gasteiger partial charge on any atom is -0.497 e. The highest BCUT2D eigenvalue weighted by Gasteiger charge is 2.12. The van der Waals surface area contributed by atoms with Crippen LogP contribution in [0.15, 0.2) is 53.0 Å². The Morgan fingerprint density at radius 1 is 1.14 bits per heavy atom. The molecular weight excluding hydrogens is 330 g/mol. The predicted octanol–water partition coefficient (Wildman–Crippen LogP) is 3.84. The summed E-state index contributed by atoms with van der Waals surface area (Å²) in [5.41, 5.74) is 2.06. The van der Waals surface area contributed by atoms with Gasteiger partial charge in [-0.1, -0.05) is 46.3 Å². The SMILES string of the molecule is COc1ccc(C(O)CN[C@H](C)c2ccccc2Br)cc1. The molecule has 2 N–H and O–H groups in total. The van der Waals surface area contributed by atoms with Gasteiger partial charge in [-0.15, -0.1) is 0 Å². The lowest BCUT2D eigenvalue weighted by atomic mass is 10.1. The summed E-state index contributed by atoms with van der Waals surface area (Å²) in [7, 11) is 1.63. The van der Waals surface area contributed by atoms with Crippen molar-refractivity contribution in [2.24, 2.45) is 0 Å². The number of aliphatic hydroxyl groups is 1. The molecule has 1 unspecified atom stereocenters. The number of nitrogens with one attached hydrogen (secondary N) is 1. The van der Waals surface area contributed by atoms with Gasteiger partial charge in [0.25, 0.3) is 0 Å². The highest BCUT2D eigenvalue weighted by molar-refractivity contribution is 9.10. The molecule has 0 saturated carbocycles. The summed E-state index contributed by atoms with van der Waals surface area (Å²) in [5, 5.41) is 13.6. The molecule has 21 heavy (non-hydrogen) atoms. The number of methoxy groups -OCH3 is 1. The van der Waals surface area contributed by atoms with E-state index in [1.54, 1.807) is 7.11 Å². The Balaban J connectivity index is 1.94. The summed E-state index contributed by atoms with van der Waals surface area (Å²) >= 11 is 3.55. The van der Waals surface area contributed by atoms with E-state index < -0.39 is 6.10 Å². The van der Waals surface area contributed by atoms with Crippen LogP contribution in [0, 0.1) is 0 Å². The summed E-state index contributed by atoms with van der Waals surface area (Å²) in [6.45, 7) is 2.58. The van der Waals surface area contributed by atoms with E-state index in [0.29, 0.717) is 6.54 Å². The molecule has 0 aromatic heterocycles. The van der Waals surface area contributed by atoms with Crippen LogP contribution >= 0.6 is 15.9 Å². The summed E-state index contributed by atoms with van der Waals surface area (Å²) in [6.07, 6.45) is -0.541. The van der Waals surface area contributed by atoms with Crippen LogP contribution in [-0.2, 0) is 0 Å². The van der Waals surface area contributed by atoms with E-state index in [4.69, 9.17) is 4.74 Å². The third kappa shape index (κ3) is 4.30. The van der Waals surface area contributed by atoms with E-state index in [2.05, 4.69) is 34.2 Å². The van der Waals surface area contributed by atoms with Gasteiger partial charge in [-0.25, -0.2) is 0 Å². The average molecular weight is 350 g/mol. The maximum absolute atomic E-state index is 10.2. The van der Waals surface area contributed by atoms with Crippen molar-refractivity contribution in [3.63, 3.8) is 0 Å². The highest BCUT2D eigenvalue weighted by atomic mass is 79.9. The molecule has 4 heteroatoms. The number of ether oxygens (including phenoxy) is 1. The normalized spacial score (nSPS) is 13.7. The number of rotatable bonds is 6. The molecule has 0 aliphatic heterocycles. The molecule has 2 aromatic rings. The van der Waals surface area contributed by atoms with Crippen LogP contribution in [0.1, 0.15) is 30.2 Å². The smallest absolute Gasteiger partial charge is 0.118 e. The van der Waals surface area contributed by atoms with Crippen LogP contribution in [0.4, 0.5) is 0 Å². The summed E-state index contributed by atoms with van der Waals surface area (Å²) < 4.78 is 6.19. The van der Waals surface area contributed by atoms with Crippen molar-refractivity contribution in [3.05, 3.63) is 64.1 Å². The average Bonchev–Trinajstić information content (AvgIpc) is 2.52. The Morgan fingerprint density at radius 2 is 1.81 bits per heavy atom. The fourth-order valence-corrected chi connectivity index (χ4v) is 2.80. The van der Waals surface area contributed by atoms with Crippen molar-refractivity contribution < 1.29 is 9.84 Å². The Morgan fingerprint density at radius 3 is 2.43 bits per heavy atom. The summed E-state index contributed by atoms with van der Waals surface area (Å²) in [5.74, 6) is 0.792. The first kappa shape index (κ1) is 16.0. The largest absolute Gasteiger partial charge is 0.497 e. The monoisotopic (exact) mass is 349 g/mol. The molecule has 0 aliphatic carbocycles. The lowest BCUT2D eigenvalue weighted by molar-refractivity contribution is 0.170. The zero-order chi connectivity index (χ0) is 15.2. The molecule has 112 valence electrons. The van der Waals surface area contributed by atoms with Crippen LogP contribution in [0.2, 0.25) is 0 Å². The molecule has 0 amide bonds. The van der Waals surface area contributed by atoms with Gasteiger partial charge in [0.1, 0.15) is 5.75 Å². The summed E-state index contributed by atoms with van der Waals surface area (Å²) in [4.78, 5) is 0. The Bertz CT molecular complexity index is 571. The van der Waals surface area contributed by atoms with Gasteiger partial charge in [-0.2, -0.15) is 0 Å². The van der Waals surface area contributed by atoms with Crippen molar-refractivity contribution in [1.29, 1.82) is 0 Å². The Labute approximate surface area is 134 Å². The maximum atomic E-state index is 10.2. The van der Waals surface area contributed by atoms with Crippen molar-refractivity contribution in [2.45, 2.75) is 19.1 Å². The predicted molar refractivity (Wildman–Crippen MR) is 88.5 cm³/mol. The second kappa shape index (κ2) is 7.59. The Kier molecular flexibility index (Phi) is 5.79. The molecule has 0 spiro atoms. The number of hydrogen-bond donors (Lipinski definition) is 2. The molecule has 0 aliphatic rings. The topological polar surface area (TPSA) is 41.5 Å². The molecule has 0 radical (unpaired) electrons. The number of aliphatic hydroxyl groups excluding tert-OH is 1. The van der Waals surface area contributed by atoms with E-state index in [9.17, 15) is 5.11 Å². The van der Waals surface area contributed by atoms with Gasteiger partial charge in [0.05, 0.1) is 13.2 Å². The third-order valence-corrected chi connectivity index (χ3v) is 4.21. The van der Waals surface area contributed by atoms with Gasteiger partial charge in [0.15, 0.2) is 0 Å². The van der Waals surface area contributed by atoms with Gasteiger partial charge in [-0.3, -0.25) is 0 Å². The van der Waals surface area contributed by atoms with E-state index in [1.807, 2.05) is 42.5 Å². The molecule has 0 saturated heterocycles. The first-order chi connectivity index (χ1) is 10.1. The number of benzene rings is 2. The van der Waals surface area contributed by atoms with Gasteiger partial charge < -0.3 is 15.2 Å². The van der Waals surface area contributed by atoms with Gasteiger partial charge in [0, 0.05) is 17.1 Å². The maximum Gasteiger partial charge on any atom is 0.118 e. The van der Waals surface area contributed by atoms with Crippen LogP contribution in [0.5, 0.6) is 5.75 Å². The van der Waals surface area contributed by atoms with Crippen LogP contribution in [0.3, 0.4) is 0 Å². The van der Waals surface area contributed by atoms with Crippen LogP contribution in [0.25, 0.3) is 0 Å². The van der Waals surface area contributed by atoms with E-state index >= 15 is 0 Å². The van der Waals surface area contributed by atoms with E-state index in [-0.39, 0.29) is 6.04 Å². The zero-order valence-electron chi connectivity index (χ0n) is 12.2. The van der Waals surface area contributed by atoms with Crippen LogP contribution in [-0.4, -0.2) is 18.8 Å². The number of halogens is 1. The van der Waals surface area contributed by atoms with Gasteiger partial charge in [-0.05, 0) is 36.2 Å². The van der Waals surface area contributed by atoms with Gasteiger partial charge in [0.2, 0.25) is 0 Å². The standard InChI is InChI=1S/C17H20BrNO2/c1-12(15-5-3-4-6-16(15)18)19-11-17(20)13-7-9-14(21-2)10-8-13/h3-10,12,17,19-20H,11H2,1-2H3/t12-,17?/m1/s1. The lowest BCUT2D eigenvalue weighted by Gasteiger charge is -2.19. The second-order valence-corrected chi connectivity index (χ2v) is 5.79. The third-order valence-electron chi connectivity index (χ3n) is 3.49. The van der Waals surface area contributed by atoms with Gasteiger partial charge >= 0.3 is 0 Å². The molecule has 2 aromatic carbocycles. The van der Waals surface area contributed by atoms with Crippen LogP contribution < -0.4 is 10.1 Å². The Hall–Kier alpha value is -1.36. The molecule has 2 rings (SSSR count). The molecule has 0 fully saturated rings. The van der Waals surface area contributed by atoms with Crippen molar-refractivity contribution in [3.8, 4) is 5.75 Å².